The highest BCUT2D eigenvalue weighted by Gasteiger charge is 2.17. The molecule has 84 valence electrons. The van der Waals surface area contributed by atoms with E-state index in [0.29, 0.717) is 0 Å². The molecule has 0 aliphatic carbocycles. The number of nitrogens with two attached hydrogens (primary N) is 1. The number of nitrogens with zero attached hydrogens (tertiary/aromatic N) is 1. The van der Waals surface area contributed by atoms with Gasteiger partial charge in [-0.1, -0.05) is 0 Å². The van der Waals surface area contributed by atoms with E-state index in [1.54, 1.807) is 11.3 Å². The van der Waals surface area contributed by atoms with E-state index < -0.39 is 0 Å². The summed E-state index contributed by atoms with van der Waals surface area (Å²) in [7, 11) is 0. The van der Waals surface area contributed by atoms with Crippen molar-refractivity contribution in [1.82, 2.24) is 4.90 Å². The molecule has 0 aromatic carbocycles. The van der Waals surface area contributed by atoms with Crippen molar-refractivity contribution in [3.05, 3.63) is 22.4 Å². The lowest BCUT2D eigenvalue weighted by Gasteiger charge is -2.31. The lowest BCUT2D eigenvalue weighted by molar-refractivity contribution is 0.189. The predicted molar refractivity (Wildman–Crippen MR) is 66.2 cm³/mol. The third-order valence-electron chi connectivity index (χ3n) is 3.34. The zero-order valence-electron chi connectivity index (χ0n) is 9.19. The van der Waals surface area contributed by atoms with Gasteiger partial charge >= 0.3 is 0 Å². The van der Waals surface area contributed by atoms with Crippen LogP contribution in [-0.4, -0.2) is 31.1 Å². The third kappa shape index (κ3) is 3.30. The van der Waals surface area contributed by atoms with Crippen molar-refractivity contribution >= 4 is 11.3 Å². The van der Waals surface area contributed by atoms with E-state index >= 15 is 0 Å². The van der Waals surface area contributed by atoms with Gasteiger partial charge in [-0.15, -0.1) is 0 Å². The van der Waals surface area contributed by atoms with Crippen molar-refractivity contribution in [3.8, 4) is 0 Å². The summed E-state index contributed by atoms with van der Waals surface area (Å²) >= 11 is 1.80. The average Bonchev–Trinajstić information content (AvgIpc) is 2.80. The van der Waals surface area contributed by atoms with E-state index in [1.165, 1.54) is 44.5 Å². The highest BCUT2D eigenvalue weighted by molar-refractivity contribution is 7.07. The van der Waals surface area contributed by atoms with Gasteiger partial charge in [0.1, 0.15) is 0 Å². The average molecular weight is 224 g/mol. The first-order valence-electron chi connectivity index (χ1n) is 5.82. The molecular formula is C12H20N2S. The first-order chi connectivity index (χ1) is 7.38. The molecule has 2 rings (SSSR count). The van der Waals surface area contributed by atoms with Gasteiger partial charge in [-0.25, -0.2) is 0 Å². The van der Waals surface area contributed by atoms with Gasteiger partial charge in [0.25, 0.3) is 0 Å². The molecule has 0 bridgehead atoms. The standard InChI is InChI=1S/C12H20N2S/c13-9-11-1-5-14(6-2-11)7-3-12-4-8-15-10-12/h4,8,10-11H,1-3,5-7,9,13H2. The molecule has 0 radical (unpaired) electrons. The second kappa shape index (κ2) is 5.64. The van der Waals surface area contributed by atoms with E-state index in [9.17, 15) is 0 Å². The van der Waals surface area contributed by atoms with Crippen molar-refractivity contribution in [2.75, 3.05) is 26.2 Å². The van der Waals surface area contributed by atoms with Crippen LogP contribution in [0, 0.1) is 5.92 Å². The van der Waals surface area contributed by atoms with Crippen LogP contribution in [0.1, 0.15) is 18.4 Å². The molecule has 2 N–H and O–H groups in total. The Morgan fingerprint density at radius 1 is 1.40 bits per heavy atom. The molecule has 1 fully saturated rings. The lowest BCUT2D eigenvalue weighted by atomic mass is 9.97. The molecule has 0 amide bonds. The van der Waals surface area contributed by atoms with E-state index in [1.807, 2.05) is 0 Å². The van der Waals surface area contributed by atoms with Gasteiger partial charge in [0.15, 0.2) is 0 Å². The minimum atomic E-state index is 0.780. The molecule has 1 aliphatic rings. The Morgan fingerprint density at radius 3 is 2.80 bits per heavy atom. The van der Waals surface area contributed by atoms with Crippen LogP contribution >= 0.6 is 11.3 Å². The van der Waals surface area contributed by atoms with Gasteiger partial charge in [-0.05, 0) is 67.2 Å². The topological polar surface area (TPSA) is 29.3 Å². The molecule has 2 nitrogen and oxygen atoms in total. The van der Waals surface area contributed by atoms with Gasteiger partial charge in [-0.2, -0.15) is 11.3 Å². The summed E-state index contributed by atoms with van der Waals surface area (Å²) in [6.45, 7) is 4.57. The Hall–Kier alpha value is -0.380. The number of hydrogen-bond acceptors (Lipinski definition) is 3. The third-order valence-corrected chi connectivity index (χ3v) is 4.07. The molecule has 3 heteroatoms. The maximum absolute atomic E-state index is 5.68. The normalized spacial score (nSPS) is 19.5. The van der Waals surface area contributed by atoms with Crippen LogP contribution in [0.2, 0.25) is 0 Å². The smallest absolute Gasteiger partial charge is 0.00221 e. The highest BCUT2D eigenvalue weighted by Crippen LogP contribution is 2.16. The summed E-state index contributed by atoms with van der Waals surface area (Å²) in [5.41, 5.74) is 7.17. The van der Waals surface area contributed by atoms with Crippen LogP contribution in [0.3, 0.4) is 0 Å². The maximum atomic E-state index is 5.68. The largest absolute Gasteiger partial charge is 0.330 e. The first-order valence-corrected chi connectivity index (χ1v) is 6.76. The van der Waals surface area contributed by atoms with E-state index in [2.05, 4.69) is 21.7 Å². The van der Waals surface area contributed by atoms with Gasteiger partial charge in [0.05, 0.1) is 0 Å². The molecule has 0 unspecified atom stereocenters. The highest BCUT2D eigenvalue weighted by atomic mass is 32.1. The second-order valence-corrected chi connectivity index (χ2v) is 5.18. The second-order valence-electron chi connectivity index (χ2n) is 4.40. The Kier molecular flexibility index (Phi) is 4.18. The van der Waals surface area contributed by atoms with Crippen LogP contribution in [0.4, 0.5) is 0 Å². The van der Waals surface area contributed by atoms with Gasteiger partial charge in [0.2, 0.25) is 0 Å². The van der Waals surface area contributed by atoms with Gasteiger partial charge in [-0.3, -0.25) is 0 Å². The van der Waals surface area contributed by atoms with Crippen molar-refractivity contribution in [2.45, 2.75) is 19.3 Å². The molecule has 1 saturated heterocycles. The lowest BCUT2D eigenvalue weighted by Crippen LogP contribution is -2.37. The zero-order valence-corrected chi connectivity index (χ0v) is 10.0. The summed E-state index contributed by atoms with van der Waals surface area (Å²) in [4.78, 5) is 2.57. The quantitative estimate of drug-likeness (QED) is 0.847. The number of piperidine rings is 1. The first kappa shape index (κ1) is 11.1. The molecule has 2 heterocycles. The van der Waals surface area contributed by atoms with E-state index in [-0.39, 0.29) is 0 Å². The minimum Gasteiger partial charge on any atom is -0.330 e. The fourth-order valence-electron chi connectivity index (χ4n) is 2.17. The molecule has 1 aromatic heterocycles. The predicted octanol–water partition coefficient (Wildman–Crippen LogP) is 1.96. The Bertz CT molecular complexity index is 263. The summed E-state index contributed by atoms with van der Waals surface area (Å²) in [6, 6.07) is 2.23. The number of thiophene rings is 1. The molecule has 0 saturated carbocycles. The molecule has 15 heavy (non-hydrogen) atoms. The molecule has 0 atom stereocenters. The number of hydrogen-bond donors (Lipinski definition) is 1. The van der Waals surface area contributed by atoms with Crippen LogP contribution in [0.15, 0.2) is 16.8 Å². The number of rotatable bonds is 4. The van der Waals surface area contributed by atoms with Crippen LogP contribution in [0.25, 0.3) is 0 Å². The fraction of sp³-hybridized carbons (Fsp3) is 0.667. The van der Waals surface area contributed by atoms with Crippen LogP contribution in [-0.2, 0) is 6.42 Å². The molecule has 1 aliphatic heterocycles. The monoisotopic (exact) mass is 224 g/mol. The Balaban J connectivity index is 1.69. The van der Waals surface area contributed by atoms with Crippen molar-refractivity contribution < 1.29 is 0 Å². The minimum absolute atomic E-state index is 0.780. The van der Waals surface area contributed by atoms with Crippen molar-refractivity contribution in [3.63, 3.8) is 0 Å². The Labute approximate surface area is 96.1 Å². The maximum Gasteiger partial charge on any atom is 0.00221 e. The van der Waals surface area contributed by atoms with E-state index in [0.717, 1.165) is 12.5 Å². The van der Waals surface area contributed by atoms with Crippen LogP contribution in [0.5, 0.6) is 0 Å². The zero-order chi connectivity index (χ0) is 10.5. The number of likely N-dealkylation sites (tertiary alicyclic amines) is 1. The summed E-state index contributed by atoms with van der Waals surface area (Å²) in [5, 5.41) is 4.42. The summed E-state index contributed by atoms with van der Waals surface area (Å²) in [6.07, 6.45) is 3.79. The molecular weight excluding hydrogens is 204 g/mol. The van der Waals surface area contributed by atoms with E-state index in [4.69, 9.17) is 5.73 Å². The fourth-order valence-corrected chi connectivity index (χ4v) is 2.87. The molecule has 1 aromatic rings. The van der Waals surface area contributed by atoms with Gasteiger partial charge in [0, 0.05) is 6.54 Å². The summed E-state index contributed by atoms with van der Waals surface area (Å²) in [5.74, 6) is 0.780. The van der Waals surface area contributed by atoms with Gasteiger partial charge < -0.3 is 10.6 Å². The summed E-state index contributed by atoms with van der Waals surface area (Å²) < 4.78 is 0. The van der Waals surface area contributed by atoms with Crippen molar-refractivity contribution in [2.24, 2.45) is 11.7 Å². The molecule has 0 spiro atoms. The van der Waals surface area contributed by atoms with Crippen LogP contribution < -0.4 is 5.73 Å². The van der Waals surface area contributed by atoms with Crippen molar-refractivity contribution in [1.29, 1.82) is 0 Å². The SMILES string of the molecule is NCC1CCN(CCc2ccsc2)CC1. The Morgan fingerprint density at radius 2 is 2.20 bits per heavy atom.